The summed E-state index contributed by atoms with van der Waals surface area (Å²) in [7, 11) is 0. The van der Waals surface area contributed by atoms with E-state index < -0.39 is 36.9 Å². The van der Waals surface area contributed by atoms with Gasteiger partial charge in [0.15, 0.2) is 0 Å². The number of halogens is 6. The molecule has 0 aliphatic carbocycles. The quantitative estimate of drug-likeness (QED) is 0.292. The summed E-state index contributed by atoms with van der Waals surface area (Å²) in [6.45, 7) is 6.80. The third kappa shape index (κ3) is 5.85. The van der Waals surface area contributed by atoms with Crippen LogP contribution in [0.5, 0.6) is 0 Å². The monoisotopic (exact) mass is 410 g/mol. The van der Waals surface area contributed by atoms with Crippen molar-refractivity contribution in [1.29, 1.82) is 0 Å². The van der Waals surface area contributed by atoms with E-state index >= 15 is 0 Å². The summed E-state index contributed by atoms with van der Waals surface area (Å²) >= 11 is 0. The number of hydrogen-bond acceptors (Lipinski definition) is 2. The van der Waals surface area contributed by atoms with E-state index in [0.717, 1.165) is 11.6 Å². The summed E-state index contributed by atoms with van der Waals surface area (Å²) in [4.78, 5) is 0. The molecule has 0 saturated heterocycles. The van der Waals surface area contributed by atoms with Crippen molar-refractivity contribution in [2.45, 2.75) is 52.8 Å². The van der Waals surface area contributed by atoms with Crippen molar-refractivity contribution in [1.82, 2.24) is 0 Å². The van der Waals surface area contributed by atoms with Gasteiger partial charge < -0.3 is 9.47 Å². The number of allylic oxidation sites excluding steroid dienone is 2. The lowest BCUT2D eigenvalue weighted by atomic mass is 9.98. The third-order valence-corrected chi connectivity index (χ3v) is 3.95. The summed E-state index contributed by atoms with van der Waals surface area (Å²) < 4.78 is 90.3. The fourth-order valence-electron chi connectivity index (χ4n) is 2.86. The number of alkyl halides is 6. The van der Waals surface area contributed by atoms with E-state index in [4.69, 9.17) is 0 Å². The summed E-state index contributed by atoms with van der Waals surface area (Å²) in [5.74, 6) is -3.48. The molecule has 0 aliphatic heterocycles. The van der Waals surface area contributed by atoms with Crippen LogP contribution in [0.2, 0.25) is 0 Å². The Morgan fingerprint density at radius 2 is 1.36 bits per heavy atom. The predicted molar refractivity (Wildman–Crippen MR) is 95.9 cm³/mol. The molecule has 0 amide bonds. The van der Waals surface area contributed by atoms with Crippen LogP contribution in [0, 0.1) is 20.8 Å². The molecule has 8 heteroatoms. The van der Waals surface area contributed by atoms with E-state index in [0.29, 0.717) is 22.8 Å². The van der Waals surface area contributed by atoms with E-state index in [2.05, 4.69) is 9.47 Å². The summed E-state index contributed by atoms with van der Waals surface area (Å²) in [6, 6.07) is 3.56. The molecule has 2 nitrogen and oxygen atoms in total. The van der Waals surface area contributed by atoms with Crippen LogP contribution in [0.4, 0.5) is 26.3 Å². The lowest BCUT2D eigenvalue weighted by Crippen LogP contribution is -2.49. The number of aryl methyl sites for hydroxylation is 3. The van der Waals surface area contributed by atoms with Crippen LogP contribution in [-0.4, -0.2) is 31.4 Å². The van der Waals surface area contributed by atoms with Crippen molar-refractivity contribution >= 4 is 6.08 Å². The van der Waals surface area contributed by atoms with Gasteiger partial charge in [-0.1, -0.05) is 23.8 Å². The Balaban J connectivity index is 3.56. The van der Waals surface area contributed by atoms with Gasteiger partial charge in [-0.15, -0.1) is 0 Å². The summed E-state index contributed by atoms with van der Waals surface area (Å²) in [5.41, 5.74) is 1.36. The lowest BCUT2D eigenvalue weighted by molar-refractivity contribution is -0.355. The normalized spacial score (nSPS) is 14.2. The van der Waals surface area contributed by atoms with Gasteiger partial charge in [-0.05, 0) is 63.5 Å². The minimum Gasteiger partial charge on any atom is -0.340 e. The number of rotatable bonds is 7. The Morgan fingerprint density at radius 1 is 0.893 bits per heavy atom. The first kappa shape index (κ1) is 24.2. The van der Waals surface area contributed by atoms with Gasteiger partial charge in [0, 0.05) is 13.2 Å². The van der Waals surface area contributed by atoms with Crippen LogP contribution >= 0.6 is 0 Å². The molecular weight excluding hydrogens is 386 g/mol. The minimum atomic E-state index is -5.20. The molecule has 0 unspecified atom stereocenters. The molecule has 158 valence electrons. The maximum Gasteiger partial charge on any atom is 0.447 e. The van der Waals surface area contributed by atoms with Crippen LogP contribution < -0.4 is 0 Å². The molecule has 0 bridgehead atoms. The van der Waals surface area contributed by atoms with Crippen LogP contribution in [0.15, 0.2) is 29.9 Å². The molecule has 1 aromatic carbocycles. The van der Waals surface area contributed by atoms with Gasteiger partial charge in [0.05, 0.1) is 5.57 Å². The van der Waals surface area contributed by atoms with Crippen LogP contribution in [-0.2, 0) is 9.47 Å². The number of benzene rings is 1. The molecule has 1 rings (SSSR count). The van der Waals surface area contributed by atoms with E-state index in [9.17, 15) is 26.3 Å². The molecule has 0 radical (unpaired) electrons. The molecule has 0 heterocycles. The SMILES string of the molecule is CCOC(/C=C(\C=C\c1c(C)cc(C)cc1C)C(F)(F)F)(OCC)C(F)(F)F. The standard InChI is InChI=1S/C20H24F6O2/c1-6-27-18(28-7-2,20(24,25)26)12-16(19(21,22)23)8-9-17-14(4)10-13(3)11-15(17)5/h8-12H,6-7H2,1-5H3/b9-8+,16-12+. The molecule has 0 atom stereocenters. The highest BCUT2D eigenvalue weighted by molar-refractivity contribution is 5.61. The molecule has 0 saturated carbocycles. The molecule has 0 aromatic heterocycles. The fraction of sp³-hybridized carbons (Fsp3) is 0.500. The molecule has 0 N–H and O–H groups in total. The largest absolute Gasteiger partial charge is 0.447 e. The first-order valence-corrected chi connectivity index (χ1v) is 8.68. The molecular formula is C20H24F6O2. The minimum absolute atomic E-state index is 0.0463. The Bertz CT molecular complexity index is 700. The highest BCUT2D eigenvalue weighted by Gasteiger charge is 2.57. The smallest absolute Gasteiger partial charge is 0.340 e. The van der Waals surface area contributed by atoms with Gasteiger partial charge in [0.1, 0.15) is 0 Å². The topological polar surface area (TPSA) is 18.5 Å². The van der Waals surface area contributed by atoms with Gasteiger partial charge in [-0.25, -0.2) is 0 Å². The maximum absolute atomic E-state index is 13.5. The van der Waals surface area contributed by atoms with Crippen molar-refractivity contribution in [2.24, 2.45) is 0 Å². The van der Waals surface area contributed by atoms with E-state index in [1.54, 1.807) is 26.0 Å². The van der Waals surface area contributed by atoms with Crippen molar-refractivity contribution in [3.8, 4) is 0 Å². The van der Waals surface area contributed by atoms with Crippen molar-refractivity contribution in [3.05, 3.63) is 52.1 Å². The zero-order valence-corrected chi connectivity index (χ0v) is 16.4. The van der Waals surface area contributed by atoms with E-state index in [1.165, 1.54) is 13.8 Å². The first-order valence-electron chi connectivity index (χ1n) is 8.68. The van der Waals surface area contributed by atoms with Crippen LogP contribution in [0.3, 0.4) is 0 Å². The highest BCUT2D eigenvalue weighted by Crippen LogP contribution is 2.40. The summed E-state index contributed by atoms with van der Waals surface area (Å²) in [6.07, 6.45) is -8.51. The third-order valence-electron chi connectivity index (χ3n) is 3.95. The van der Waals surface area contributed by atoms with Crippen LogP contribution in [0.1, 0.15) is 36.1 Å². The second-order valence-corrected chi connectivity index (χ2v) is 6.27. The number of ether oxygens (including phenoxy) is 2. The maximum atomic E-state index is 13.5. The fourth-order valence-corrected chi connectivity index (χ4v) is 2.86. The summed E-state index contributed by atoms with van der Waals surface area (Å²) in [5, 5.41) is 0. The van der Waals surface area contributed by atoms with E-state index in [1.807, 2.05) is 6.92 Å². The second kappa shape index (κ2) is 9.13. The predicted octanol–water partition coefficient (Wildman–Crippen LogP) is 6.45. The number of hydrogen-bond donors (Lipinski definition) is 0. The van der Waals surface area contributed by atoms with Crippen molar-refractivity contribution in [2.75, 3.05) is 13.2 Å². The molecule has 0 aliphatic rings. The molecule has 0 fully saturated rings. The Morgan fingerprint density at radius 3 is 1.71 bits per heavy atom. The zero-order chi connectivity index (χ0) is 21.8. The van der Waals surface area contributed by atoms with Gasteiger partial charge in [0.25, 0.3) is 5.79 Å². The Labute approximate surface area is 160 Å². The van der Waals surface area contributed by atoms with Gasteiger partial charge in [-0.3, -0.25) is 0 Å². The zero-order valence-electron chi connectivity index (χ0n) is 16.4. The molecule has 1 aromatic rings. The lowest BCUT2D eigenvalue weighted by Gasteiger charge is -2.32. The van der Waals surface area contributed by atoms with Gasteiger partial charge in [-0.2, -0.15) is 26.3 Å². The first-order chi connectivity index (χ1) is 12.8. The second-order valence-electron chi connectivity index (χ2n) is 6.27. The Kier molecular flexibility index (Phi) is 7.91. The highest BCUT2D eigenvalue weighted by atomic mass is 19.4. The Hall–Kier alpha value is -1.80. The van der Waals surface area contributed by atoms with Crippen molar-refractivity contribution in [3.63, 3.8) is 0 Å². The molecule has 0 spiro atoms. The van der Waals surface area contributed by atoms with E-state index in [-0.39, 0.29) is 6.08 Å². The van der Waals surface area contributed by atoms with Crippen LogP contribution in [0.25, 0.3) is 6.08 Å². The van der Waals surface area contributed by atoms with Gasteiger partial charge in [0.2, 0.25) is 0 Å². The average molecular weight is 410 g/mol. The molecule has 28 heavy (non-hydrogen) atoms. The average Bonchev–Trinajstić information content (AvgIpc) is 2.50. The van der Waals surface area contributed by atoms with Crippen molar-refractivity contribution < 1.29 is 35.8 Å². The van der Waals surface area contributed by atoms with Gasteiger partial charge >= 0.3 is 12.4 Å².